The Morgan fingerprint density at radius 2 is 1.93 bits per heavy atom. The summed E-state index contributed by atoms with van der Waals surface area (Å²) in [6.45, 7) is 1.05. The summed E-state index contributed by atoms with van der Waals surface area (Å²) in [5.41, 5.74) is 3.21. The number of anilines is 1. The monoisotopic (exact) mass is 219 g/mol. The summed E-state index contributed by atoms with van der Waals surface area (Å²) in [5.74, 6) is -1.29. The Hall–Kier alpha value is -1.72. The van der Waals surface area contributed by atoms with Gasteiger partial charge in [-0.1, -0.05) is 0 Å². The highest BCUT2D eigenvalue weighted by molar-refractivity contribution is 5.98. The van der Waals surface area contributed by atoms with Crippen LogP contribution >= 0.6 is 0 Å². The minimum absolute atomic E-state index is 0.428. The van der Waals surface area contributed by atoms with Gasteiger partial charge >= 0.3 is 6.18 Å². The molecule has 6 heteroatoms. The van der Waals surface area contributed by atoms with Crippen molar-refractivity contribution in [1.82, 2.24) is 0 Å². The number of Topliss-reactive ketones (excluding diaryl/α,β-unsaturated/α-hetero) is 1. The van der Waals surface area contributed by atoms with E-state index in [1.807, 2.05) is 0 Å². The van der Waals surface area contributed by atoms with E-state index in [0.717, 1.165) is 6.92 Å². The van der Waals surface area contributed by atoms with Gasteiger partial charge in [0.15, 0.2) is 5.78 Å². The van der Waals surface area contributed by atoms with Crippen molar-refractivity contribution in [3.05, 3.63) is 23.3 Å². The van der Waals surface area contributed by atoms with E-state index in [1.165, 1.54) is 0 Å². The Bertz CT molecular complexity index is 413. The normalized spacial score (nSPS) is 11.5. The van der Waals surface area contributed by atoms with Crippen molar-refractivity contribution >= 4 is 11.5 Å². The molecule has 0 amide bonds. The first kappa shape index (κ1) is 11.4. The van der Waals surface area contributed by atoms with E-state index in [-0.39, 0.29) is 0 Å². The molecule has 0 spiro atoms. The Labute approximate surface area is 83.3 Å². The standard InChI is InChI=1S/C9H8F3NO2/c1-4(14)6-2-5(9(10,11)12)3-7(13)8(6)15/h2-3,15H,13H2,1H3. The molecule has 0 radical (unpaired) electrons. The lowest BCUT2D eigenvalue weighted by Crippen LogP contribution is -2.08. The van der Waals surface area contributed by atoms with Crippen LogP contribution in [-0.4, -0.2) is 10.9 Å². The molecule has 0 aliphatic heterocycles. The van der Waals surface area contributed by atoms with Gasteiger partial charge < -0.3 is 10.8 Å². The number of nitrogen functional groups attached to an aromatic ring is 1. The number of rotatable bonds is 1. The number of carbonyl (C=O) groups is 1. The average Bonchev–Trinajstić information content (AvgIpc) is 2.06. The van der Waals surface area contributed by atoms with Crippen molar-refractivity contribution in [3.63, 3.8) is 0 Å². The molecule has 1 aromatic rings. The van der Waals surface area contributed by atoms with E-state index >= 15 is 0 Å². The van der Waals surface area contributed by atoms with Gasteiger partial charge in [-0.2, -0.15) is 13.2 Å². The Kier molecular flexibility index (Phi) is 2.61. The van der Waals surface area contributed by atoms with Crippen LogP contribution in [0.3, 0.4) is 0 Å². The number of aromatic hydroxyl groups is 1. The Morgan fingerprint density at radius 3 is 2.33 bits per heavy atom. The number of ketones is 1. The zero-order valence-corrected chi connectivity index (χ0v) is 7.72. The number of hydrogen-bond donors (Lipinski definition) is 2. The quantitative estimate of drug-likeness (QED) is 0.432. The molecule has 0 fully saturated rings. The van der Waals surface area contributed by atoms with E-state index in [0.29, 0.717) is 12.1 Å². The van der Waals surface area contributed by atoms with E-state index in [1.54, 1.807) is 0 Å². The van der Waals surface area contributed by atoms with Gasteiger partial charge in [-0.15, -0.1) is 0 Å². The van der Waals surface area contributed by atoms with Crippen molar-refractivity contribution in [2.24, 2.45) is 0 Å². The Balaban J connectivity index is 3.43. The maximum Gasteiger partial charge on any atom is 0.416 e. The molecule has 82 valence electrons. The number of alkyl halides is 3. The maximum absolute atomic E-state index is 12.3. The average molecular weight is 219 g/mol. The predicted octanol–water partition coefficient (Wildman–Crippen LogP) is 2.20. The van der Waals surface area contributed by atoms with Gasteiger partial charge in [0, 0.05) is 0 Å². The topological polar surface area (TPSA) is 63.3 Å². The van der Waals surface area contributed by atoms with E-state index < -0.39 is 34.5 Å². The molecule has 0 atom stereocenters. The van der Waals surface area contributed by atoms with Crippen LogP contribution in [0.1, 0.15) is 22.8 Å². The number of hydrogen-bond acceptors (Lipinski definition) is 3. The van der Waals surface area contributed by atoms with Crippen LogP contribution in [0, 0.1) is 0 Å². The molecule has 0 aliphatic carbocycles. The summed E-state index contributed by atoms with van der Waals surface area (Å²) in [4.78, 5) is 10.9. The summed E-state index contributed by atoms with van der Waals surface area (Å²) in [5, 5.41) is 9.24. The van der Waals surface area contributed by atoms with Crippen LogP contribution in [0.5, 0.6) is 5.75 Å². The van der Waals surface area contributed by atoms with Gasteiger partial charge in [0.2, 0.25) is 0 Å². The van der Waals surface area contributed by atoms with Crippen LogP contribution < -0.4 is 5.73 Å². The first-order chi connectivity index (χ1) is 6.73. The lowest BCUT2D eigenvalue weighted by Gasteiger charge is -2.10. The van der Waals surface area contributed by atoms with Gasteiger partial charge in [0.05, 0.1) is 16.8 Å². The first-order valence-electron chi connectivity index (χ1n) is 3.94. The lowest BCUT2D eigenvalue weighted by atomic mass is 10.0. The zero-order chi connectivity index (χ0) is 11.8. The molecule has 3 N–H and O–H groups in total. The second-order valence-corrected chi connectivity index (χ2v) is 3.02. The van der Waals surface area contributed by atoms with Crippen molar-refractivity contribution in [1.29, 1.82) is 0 Å². The molecule has 0 saturated heterocycles. The summed E-state index contributed by atoms with van der Waals surface area (Å²) in [6, 6.07) is 1.16. The van der Waals surface area contributed by atoms with Crippen molar-refractivity contribution < 1.29 is 23.1 Å². The molecule has 0 aliphatic rings. The molecule has 0 aromatic heterocycles. The van der Waals surface area contributed by atoms with Crippen LogP contribution in [0.2, 0.25) is 0 Å². The Morgan fingerprint density at radius 1 is 1.40 bits per heavy atom. The van der Waals surface area contributed by atoms with E-state index in [2.05, 4.69) is 0 Å². The summed E-state index contributed by atoms with van der Waals surface area (Å²) < 4.78 is 36.9. The number of phenols is 1. The third-order valence-electron chi connectivity index (χ3n) is 1.85. The van der Waals surface area contributed by atoms with E-state index in [4.69, 9.17) is 5.73 Å². The minimum atomic E-state index is -4.59. The fraction of sp³-hybridized carbons (Fsp3) is 0.222. The number of nitrogens with two attached hydrogens (primary N) is 1. The van der Waals surface area contributed by atoms with Crippen LogP contribution in [0.15, 0.2) is 12.1 Å². The van der Waals surface area contributed by atoms with Crippen molar-refractivity contribution in [2.75, 3.05) is 5.73 Å². The molecule has 1 aromatic carbocycles. The number of benzene rings is 1. The van der Waals surface area contributed by atoms with Gasteiger partial charge in [-0.25, -0.2) is 0 Å². The molecule has 0 bridgehead atoms. The van der Waals surface area contributed by atoms with Gasteiger partial charge in [-0.3, -0.25) is 4.79 Å². The van der Waals surface area contributed by atoms with Gasteiger partial charge in [0.1, 0.15) is 5.75 Å². The number of phenolic OH excluding ortho intramolecular Hbond substituents is 1. The number of carbonyl (C=O) groups excluding carboxylic acids is 1. The highest BCUT2D eigenvalue weighted by atomic mass is 19.4. The molecule has 0 heterocycles. The fourth-order valence-corrected chi connectivity index (χ4v) is 1.09. The molecule has 1 rings (SSSR count). The van der Waals surface area contributed by atoms with Crippen LogP contribution in [-0.2, 0) is 6.18 Å². The summed E-state index contributed by atoms with van der Waals surface area (Å²) >= 11 is 0. The molecule has 15 heavy (non-hydrogen) atoms. The molecule has 0 unspecified atom stereocenters. The van der Waals surface area contributed by atoms with E-state index in [9.17, 15) is 23.1 Å². The largest absolute Gasteiger partial charge is 0.505 e. The third-order valence-corrected chi connectivity index (χ3v) is 1.85. The number of halogens is 3. The molecule has 0 saturated carbocycles. The second kappa shape index (κ2) is 3.45. The maximum atomic E-state index is 12.3. The smallest absolute Gasteiger partial charge is 0.416 e. The summed E-state index contributed by atoms with van der Waals surface area (Å²) in [7, 11) is 0. The van der Waals surface area contributed by atoms with Crippen molar-refractivity contribution in [3.8, 4) is 5.75 Å². The predicted molar refractivity (Wildman–Crippen MR) is 47.5 cm³/mol. The molecular formula is C9H8F3NO2. The van der Waals surface area contributed by atoms with Crippen LogP contribution in [0.25, 0.3) is 0 Å². The highest BCUT2D eigenvalue weighted by Crippen LogP contribution is 2.35. The van der Waals surface area contributed by atoms with Crippen LogP contribution in [0.4, 0.5) is 18.9 Å². The first-order valence-corrected chi connectivity index (χ1v) is 3.94. The SMILES string of the molecule is CC(=O)c1cc(C(F)(F)F)cc(N)c1O. The zero-order valence-electron chi connectivity index (χ0n) is 7.72. The summed E-state index contributed by atoms with van der Waals surface area (Å²) in [6.07, 6.45) is -4.59. The lowest BCUT2D eigenvalue weighted by molar-refractivity contribution is -0.137. The highest BCUT2D eigenvalue weighted by Gasteiger charge is 2.32. The minimum Gasteiger partial charge on any atom is -0.505 e. The fourth-order valence-electron chi connectivity index (χ4n) is 1.09. The molecular weight excluding hydrogens is 211 g/mol. The third kappa shape index (κ3) is 2.20. The molecule has 3 nitrogen and oxygen atoms in total. The van der Waals surface area contributed by atoms with Crippen molar-refractivity contribution in [2.45, 2.75) is 13.1 Å². The van der Waals surface area contributed by atoms with Gasteiger partial charge in [0.25, 0.3) is 0 Å². The second-order valence-electron chi connectivity index (χ2n) is 3.02. The van der Waals surface area contributed by atoms with Gasteiger partial charge in [-0.05, 0) is 19.1 Å².